The Kier molecular flexibility index (Phi) is 4.86. The molecule has 0 fully saturated rings. The minimum atomic E-state index is -0.392. The molecule has 1 atom stereocenters. The van der Waals surface area contributed by atoms with Gasteiger partial charge in [-0.3, -0.25) is 4.79 Å². The van der Waals surface area contributed by atoms with Gasteiger partial charge in [0.2, 0.25) is 0 Å². The third-order valence-electron chi connectivity index (χ3n) is 5.59. The van der Waals surface area contributed by atoms with Gasteiger partial charge in [0.25, 0.3) is 5.56 Å². The molecule has 0 radical (unpaired) electrons. The summed E-state index contributed by atoms with van der Waals surface area (Å²) in [6.45, 7) is 2.00. The molecule has 1 aromatic heterocycles. The summed E-state index contributed by atoms with van der Waals surface area (Å²) in [5, 5.41) is 8.30. The molecular formula is C25H22N4O3. The van der Waals surface area contributed by atoms with Crippen LogP contribution in [-0.2, 0) is 0 Å². The van der Waals surface area contributed by atoms with Gasteiger partial charge in [0.1, 0.15) is 6.17 Å². The molecule has 1 N–H and O–H groups in total. The summed E-state index contributed by atoms with van der Waals surface area (Å²) in [4.78, 5) is 17.4. The zero-order valence-corrected chi connectivity index (χ0v) is 18.0. The zero-order chi connectivity index (χ0) is 22.2. The second-order valence-electron chi connectivity index (χ2n) is 7.61. The van der Waals surface area contributed by atoms with Crippen molar-refractivity contribution in [2.45, 2.75) is 13.1 Å². The van der Waals surface area contributed by atoms with E-state index in [-0.39, 0.29) is 5.56 Å². The van der Waals surface area contributed by atoms with Crippen LogP contribution in [0.15, 0.2) is 71.5 Å². The molecule has 0 aliphatic carbocycles. The van der Waals surface area contributed by atoms with E-state index in [9.17, 15) is 4.79 Å². The normalized spacial score (nSPS) is 14.2. The maximum atomic E-state index is 13.0. The van der Waals surface area contributed by atoms with E-state index in [1.54, 1.807) is 18.9 Å². The first-order valence-electron chi connectivity index (χ1n) is 10.2. The van der Waals surface area contributed by atoms with Gasteiger partial charge in [-0.25, -0.2) is 4.68 Å². The Bertz CT molecular complexity index is 1360. The molecule has 3 aromatic carbocycles. The van der Waals surface area contributed by atoms with E-state index in [1.165, 1.54) is 0 Å². The van der Waals surface area contributed by atoms with Crippen LogP contribution in [0.2, 0.25) is 0 Å². The number of para-hydroxylation sites is 1. The fourth-order valence-corrected chi connectivity index (χ4v) is 3.91. The summed E-state index contributed by atoms with van der Waals surface area (Å²) in [6.07, 6.45) is -0.392. The van der Waals surface area contributed by atoms with E-state index < -0.39 is 6.17 Å². The number of benzene rings is 3. The van der Waals surface area contributed by atoms with Crippen LogP contribution in [0.25, 0.3) is 22.6 Å². The van der Waals surface area contributed by atoms with Gasteiger partial charge >= 0.3 is 0 Å². The molecule has 4 aromatic rings. The standard InChI is InChI=1S/C25H22N4O3/c1-15-8-10-16(11-9-15)22-25(30)27-24-18-6-4-5-7-19(18)26-23(29(24)28-22)17-12-13-20(31-2)21(14-17)32-3/h4-14,23,26H,1-3H3/t23-/m1/s1. The number of rotatable bonds is 4. The lowest BCUT2D eigenvalue weighted by Crippen LogP contribution is -2.32. The summed E-state index contributed by atoms with van der Waals surface area (Å²) in [5.41, 5.74) is 4.38. The Labute approximate surface area is 185 Å². The van der Waals surface area contributed by atoms with Crippen molar-refractivity contribution in [2.24, 2.45) is 0 Å². The minimum absolute atomic E-state index is 0.306. The molecule has 0 unspecified atom stereocenters. The predicted molar refractivity (Wildman–Crippen MR) is 123 cm³/mol. The van der Waals surface area contributed by atoms with Gasteiger partial charge in [-0.1, -0.05) is 48.0 Å². The van der Waals surface area contributed by atoms with Gasteiger partial charge in [-0.2, -0.15) is 10.1 Å². The average molecular weight is 426 g/mol. The first kappa shape index (κ1) is 19.8. The monoisotopic (exact) mass is 426 g/mol. The number of fused-ring (bicyclic) bond motifs is 3. The van der Waals surface area contributed by atoms with Crippen molar-refractivity contribution in [3.8, 4) is 34.1 Å². The van der Waals surface area contributed by atoms with E-state index in [0.29, 0.717) is 23.0 Å². The molecular weight excluding hydrogens is 404 g/mol. The molecule has 2 heterocycles. The topological polar surface area (TPSA) is 78.3 Å². The molecule has 0 saturated carbocycles. The Morgan fingerprint density at radius 1 is 0.938 bits per heavy atom. The van der Waals surface area contributed by atoms with Crippen LogP contribution in [0.1, 0.15) is 17.3 Å². The van der Waals surface area contributed by atoms with E-state index in [2.05, 4.69) is 10.3 Å². The number of aromatic nitrogens is 3. The van der Waals surface area contributed by atoms with Gasteiger partial charge in [0, 0.05) is 22.4 Å². The maximum Gasteiger partial charge on any atom is 0.300 e. The fraction of sp³-hybridized carbons (Fsp3) is 0.160. The van der Waals surface area contributed by atoms with Crippen molar-refractivity contribution in [2.75, 3.05) is 19.5 Å². The minimum Gasteiger partial charge on any atom is -0.493 e. The Hall–Kier alpha value is -4.13. The quantitative estimate of drug-likeness (QED) is 0.525. The predicted octanol–water partition coefficient (Wildman–Crippen LogP) is 4.27. The Morgan fingerprint density at radius 3 is 2.44 bits per heavy atom. The van der Waals surface area contributed by atoms with Crippen LogP contribution in [0.4, 0.5) is 5.69 Å². The number of hydrogen-bond acceptors (Lipinski definition) is 6. The highest BCUT2D eigenvalue weighted by Crippen LogP contribution is 2.38. The summed E-state index contributed by atoms with van der Waals surface area (Å²) < 4.78 is 12.6. The molecule has 5 rings (SSSR count). The van der Waals surface area contributed by atoms with Crippen LogP contribution in [-0.4, -0.2) is 29.0 Å². The lowest BCUT2D eigenvalue weighted by atomic mass is 10.1. The SMILES string of the molecule is COc1ccc([C@@H]2Nc3ccccc3-c3nc(=O)c(-c4ccc(C)cc4)nn32)cc1OC. The van der Waals surface area contributed by atoms with Crippen molar-refractivity contribution in [1.29, 1.82) is 0 Å². The van der Waals surface area contributed by atoms with E-state index in [4.69, 9.17) is 14.6 Å². The fourth-order valence-electron chi connectivity index (χ4n) is 3.91. The summed E-state index contributed by atoms with van der Waals surface area (Å²) in [7, 11) is 3.21. The van der Waals surface area contributed by atoms with E-state index in [1.807, 2.05) is 73.7 Å². The lowest BCUT2D eigenvalue weighted by molar-refractivity contribution is 0.354. The highest BCUT2D eigenvalue weighted by molar-refractivity contribution is 5.76. The van der Waals surface area contributed by atoms with Crippen molar-refractivity contribution in [1.82, 2.24) is 14.8 Å². The Balaban J connectivity index is 1.72. The number of nitrogens with one attached hydrogen (secondary N) is 1. The van der Waals surface area contributed by atoms with Crippen molar-refractivity contribution >= 4 is 5.69 Å². The first-order valence-corrected chi connectivity index (χ1v) is 10.2. The van der Waals surface area contributed by atoms with Crippen LogP contribution in [0.5, 0.6) is 11.5 Å². The summed E-state index contributed by atoms with van der Waals surface area (Å²) >= 11 is 0. The molecule has 1 aliphatic rings. The Morgan fingerprint density at radius 2 is 1.69 bits per heavy atom. The maximum absolute atomic E-state index is 13.0. The zero-order valence-electron chi connectivity index (χ0n) is 18.0. The molecule has 0 bridgehead atoms. The molecule has 1 aliphatic heterocycles. The number of hydrogen-bond donors (Lipinski definition) is 1. The second kappa shape index (κ2) is 7.85. The molecule has 160 valence electrons. The smallest absolute Gasteiger partial charge is 0.300 e. The van der Waals surface area contributed by atoms with Crippen LogP contribution >= 0.6 is 0 Å². The average Bonchev–Trinajstić information content (AvgIpc) is 2.83. The van der Waals surface area contributed by atoms with Gasteiger partial charge in [-0.15, -0.1) is 0 Å². The van der Waals surface area contributed by atoms with Crippen molar-refractivity contribution in [3.05, 3.63) is 88.2 Å². The van der Waals surface area contributed by atoms with Crippen molar-refractivity contribution < 1.29 is 9.47 Å². The third kappa shape index (κ3) is 3.28. The van der Waals surface area contributed by atoms with E-state index >= 15 is 0 Å². The largest absolute Gasteiger partial charge is 0.493 e. The van der Waals surface area contributed by atoms with Gasteiger partial charge < -0.3 is 14.8 Å². The van der Waals surface area contributed by atoms with E-state index in [0.717, 1.165) is 27.9 Å². The number of nitrogens with zero attached hydrogens (tertiary/aromatic N) is 3. The number of aryl methyl sites for hydroxylation is 1. The highest BCUT2D eigenvalue weighted by atomic mass is 16.5. The van der Waals surface area contributed by atoms with Gasteiger partial charge in [0.15, 0.2) is 23.0 Å². The van der Waals surface area contributed by atoms with Gasteiger partial charge in [0.05, 0.1) is 14.2 Å². The molecule has 7 nitrogen and oxygen atoms in total. The lowest BCUT2D eigenvalue weighted by Gasteiger charge is -2.30. The number of anilines is 1. The molecule has 0 spiro atoms. The summed E-state index contributed by atoms with van der Waals surface area (Å²) in [5.74, 6) is 1.76. The molecule has 0 saturated heterocycles. The van der Waals surface area contributed by atoms with Crippen molar-refractivity contribution in [3.63, 3.8) is 0 Å². The third-order valence-corrected chi connectivity index (χ3v) is 5.59. The van der Waals surface area contributed by atoms with Crippen LogP contribution in [0.3, 0.4) is 0 Å². The molecule has 32 heavy (non-hydrogen) atoms. The highest BCUT2D eigenvalue weighted by Gasteiger charge is 2.28. The number of ether oxygens (including phenoxy) is 2. The number of methoxy groups -OCH3 is 2. The summed E-state index contributed by atoms with van der Waals surface area (Å²) in [6, 6.07) is 21.2. The molecule has 0 amide bonds. The molecule has 7 heteroatoms. The first-order chi connectivity index (χ1) is 15.6. The second-order valence-corrected chi connectivity index (χ2v) is 7.61. The van der Waals surface area contributed by atoms with Crippen LogP contribution in [0, 0.1) is 6.92 Å². The van der Waals surface area contributed by atoms with Crippen LogP contribution < -0.4 is 20.3 Å². The van der Waals surface area contributed by atoms with Gasteiger partial charge in [-0.05, 0) is 31.2 Å².